The number of rotatable bonds is 5. The molecule has 0 saturated heterocycles. The fourth-order valence-electron chi connectivity index (χ4n) is 2.42. The number of aromatic nitrogens is 4. The van der Waals surface area contributed by atoms with E-state index < -0.39 is 0 Å². The Labute approximate surface area is 124 Å². The molecule has 1 aliphatic carbocycles. The van der Waals surface area contributed by atoms with E-state index in [1.165, 1.54) is 18.5 Å². The summed E-state index contributed by atoms with van der Waals surface area (Å²) in [6.45, 7) is 5.62. The molecule has 108 valence electrons. The Morgan fingerprint density at radius 1 is 1.40 bits per heavy atom. The molecule has 0 unspecified atom stereocenters. The average Bonchev–Trinajstić information content (AvgIpc) is 3.13. The molecule has 0 radical (unpaired) electrons. The van der Waals surface area contributed by atoms with Crippen molar-refractivity contribution in [3.8, 4) is 0 Å². The van der Waals surface area contributed by atoms with E-state index in [0.717, 1.165) is 30.2 Å². The molecule has 2 aromatic heterocycles. The normalized spacial score (nSPS) is 15.0. The second-order valence-electron chi connectivity index (χ2n) is 5.52. The molecule has 0 bridgehead atoms. The molecular weight excluding hydrogens is 274 g/mol. The van der Waals surface area contributed by atoms with Gasteiger partial charge in [0.05, 0.1) is 17.9 Å². The fourth-order valence-corrected chi connectivity index (χ4v) is 2.65. The Hall–Kier alpha value is -1.33. The van der Waals surface area contributed by atoms with Crippen molar-refractivity contribution in [3.05, 3.63) is 34.1 Å². The van der Waals surface area contributed by atoms with Crippen LogP contribution in [0.3, 0.4) is 0 Å². The molecule has 3 rings (SSSR count). The number of imidazole rings is 1. The van der Waals surface area contributed by atoms with Crippen molar-refractivity contribution in [2.45, 2.75) is 45.8 Å². The molecule has 0 aliphatic heterocycles. The standard InChI is InChI=1S/C14H20ClN5/c1-9-13(14(15)19(3)18-9)8-20-10(2)16-6-12(20)7-17-11-4-5-11/h6,11,17H,4-5,7-8H2,1-3H3. The molecule has 6 heteroatoms. The fraction of sp³-hybridized carbons (Fsp3) is 0.571. The van der Waals surface area contributed by atoms with Gasteiger partial charge in [-0.15, -0.1) is 0 Å². The van der Waals surface area contributed by atoms with Gasteiger partial charge in [0.15, 0.2) is 0 Å². The summed E-state index contributed by atoms with van der Waals surface area (Å²) in [5, 5.41) is 8.61. The van der Waals surface area contributed by atoms with Crippen LogP contribution in [0.5, 0.6) is 0 Å². The maximum absolute atomic E-state index is 6.32. The summed E-state index contributed by atoms with van der Waals surface area (Å²) in [7, 11) is 1.87. The maximum atomic E-state index is 6.32. The predicted octanol–water partition coefficient (Wildman–Crippen LogP) is 2.19. The summed E-state index contributed by atoms with van der Waals surface area (Å²) in [6.07, 6.45) is 4.53. The highest BCUT2D eigenvalue weighted by Crippen LogP contribution is 2.22. The van der Waals surface area contributed by atoms with E-state index in [9.17, 15) is 0 Å². The quantitative estimate of drug-likeness (QED) is 0.919. The minimum absolute atomic E-state index is 0.697. The smallest absolute Gasteiger partial charge is 0.131 e. The second kappa shape index (κ2) is 5.22. The van der Waals surface area contributed by atoms with Crippen molar-refractivity contribution in [1.29, 1.82) is 0 Å². The molecule has 0 amide bonds. The van der Waals surface area contributed by atoms with Crippen molar-refractivity contribution in [1.82, 2.24) is 24.6 Å². The Morgan fingerprint density at radius 2 is 2.15 bits per heavy atom. The van der Waals surface area contributed by atoms with Crippen LogP contribution in [0.15, 0.2) is 6.20 Å². The van der Waals surface area contributed by atoms with E-state index in [4.69, 9.17) is 11.6 Å². The molecule has 0 spiro atoms. The first-order valence-electron chi connectivity index (χ1n) is 6.98. The van der Waals surface area contributed by atoms with E-state index in [-0.39, 0.29) is 0 Å². The third-order valence-corrected chi connectivity index (χ3v) is 4.35. The molecule has 0 atom stereocenters. The van der Waals surface area contributed by atoms with Crippen molar-refractivity contribution in [3.63, 3.8) is 0 Å². The number of hydrogen-bond acceptors (Lipinski definition) is 3. The summed E-state index contributed by atoms with van der Waals surface area (Å²) >= 11 is 6.32. The van der Waals surface area contributed by atoms with Gasteiger partial charge in [-0.3, -0.25) is 4.68 Å². The van der Waals surface area contributed by atoms with Crippen LogP contribution < -0.4 is 5.32 Å². The van der Waals surface area contributed by atoms with Gasteiger partial charge in [-0.25, -0.2) is 4.98 Å². The third kappa shape index (κ3) is 2.60. The summed E-state index contributed by atoms with van der Waals surface area (Å²) in [4.78, 5) is 4.43. The molecule has 1 N–H and O–H groups in total. The van der Waals surface area contributed by atoms with Crippen molar-refractivity contribution >= 4 is 11.6 Å². The average molecular weight is 294 g/mol. The number of nitrogens with one attached hydrogen (secondary N) is 1. The van der Waals surface area contributed by atoms with Crippen LogP contribution in [-0.2, 0) is 20.1 Å². The van der Waals surface area contributed by atoms with Crippen LogP contribution >= 0.6 is 11.6 Å². The zero-order valence-corrected chi connectivity index (χ0v) is 12.9. The summed E-state index contributed by atoms with van der Waals surface area (Å²) in [5.74, 6) is 1.01. The first-order chi connectivity index (χ1) is 9.56. The van der Waals surface area contributed by atoms with E-state index in [1.807, 2.05) is 27.1 Å². The van der Waals surface area contributed by atoms with Crippen LogP contribution in [0.2, 0.25) is 5.15 Å². The molecule has 1 aliphatic rings. The molecule has 1 fully saturated rings. The Morgan fingerprint density at radius 3 is 2.75 bits per heavy atom. The Balaban J connectivity index is 1.83. The highest BCUT2D eigenvalue weighted by atomic mass is 35.5. The van der Waals surface area contributed by atoms with Gasteiger partial charge in [0.2, 0.25) is 0 Å². The lowest BCUT2D eigenvalue weighted by Crippen LogP contribution is -2.19. The van der Waals surface area contributed by atoms with Crippen molar-refractivity contribution < 1.29 is 0 Å². The second-order valence-corrected chi connectivity index (χ2v) is 5.87. The van der Waals surface area contributed by atoms with Crippen LogP contribution in [0.4, 0.5) is 0 Å². The zero-order valence-electron chi connectivity index (χ0n) is 12.1. The number of nitrogens with zero attached hydrogens (tertiary/aromatic N) is 4. The van der Waals surface area contributed by atoms with Crippen molar-refractivity contribution in [2.24, 2.45) is 7.05 Å². The maximum Gasteiger partial charge on any atom is 0.131 e. The lowest BCUT2D eigenvalue weighted by Gasteiger charge is -2.11. The number of aryl methyl sites for hydroxylation is 3. The highest BCUT2D eigenvalue weighted by Gasteiger charge is 2.21. The molecule has 1 saturated carbocycles. The minimum atomic E-state index is 0.697. The Kier molecular flexibility index (Phi) is 3.56. The number of hydrogen-bond donors (Lipinski definition) is 1. The lowest BCUT2D eigenvalue weighted by molar-refractivity contribution is 0.626. The molecule has 0 aromatic carbocycles. The molecule has 2 heterocycles. The molecule has 20 heavy (non-hydrogen) atoms. The predicted molar refractivity (Wildman–Crippen MR) is 78.9 cm³/mol. The van der Waals surface area contributed by atoms with Gasteiger partial charge in [-0.1, -0.05) is 11.6 Å². The van der Waals surface area contributed by atoms with Gasteiger partial charge < -0.3 is 9.88 Å². The third-order valence-electron chi connectivity index (χ3n) is 3.87. The zero-order chi connectivity index (χ0) is 14.3. The first kappa shape index (κ1) is 13.6. The topological polar surface area (TPSA) is 47.7 Å². The van der Waals surface area contributed by atoms with Crippen LogP contribution in [0.25, 0.3) is 0 Å². The van der Waals surface area contributed by atoms with Crippen LogP contribution in [0, 0.1) is 13.8 Å². The van der Waals surface area contributed by atoms with Gasteiger partial charge in [0.1, 0.15) is 11.0 Å². The van der Waals surface area contributed by atoms with E-state index in [1.54, 1.807) is 4.68 Å². The van der Waals surface area contributed by atoms with E-state index in [0.29, 0.717) is 11.2 Å². The Bertz CT molecular complexity index is 624. The molecule has 5 nitrogen and oxygen atoms in total. The van der Waals surface area contributed by atoms with Crippen LogP contribution in [0.1, 0.15) is 35.6 Å². The van der Waals surface area contributed by atoms with Crippen molar-refractivity contribution in [2.75, 3.05) is 0 Å². The minimum Gasteiger partial charge on any atom is -0.326 e. The molecule has 2 aromatic rings. The summed E-state index contributed by atoms with van der Waals surface area (Å²) < 4.78 is 3.94. The number of halogens is 1. The largest absolute Gasteiger partial charge is 0.326 e. The summed E-state index contributed by atoms with van der Waals surface area (Å²) in [5.41, 5.74) is 3.25. The van der Waals surface area contributed by atoms with Gasteiger partial charge in [0.25, 0.3) is 0 Å². The lowest BCUT2D eigenvalue weighted by atomic mass is 10.2. The SMILES string of the molecule is Cc1nn(C)c(Cl)c1Cn1c(CNC2CC2)cnc1C. The first-order valence-corrected chi connectivity index (χ1v) is 7.36. The molecular formula is C14H20ClN5. The van der Waals surface area contributed by atoms with Gasteiger partial charge in [0, 0.05) is 31.4 Å². The van der Waals surface area contributed by atoms with Gasteiger partial charge in [-0.2, -0.15) is 5.10 Å². The van der Waals surface area contributed by atoms with E-state index in [2.05, 4.69) is 20.0 Å². The monoisotopic (exact) mass is 293 g/mol. The van der Waals surface area contributed by atoms with E-state index >= 15 is 0 Å². The van der Waals surface area contributed by atoms with Gasteiger partial charge >= 0.3 is 0 Å². The highest BCUT2D eigenvalue weighted by molar-refractivity contribution is 6.30. The van der Waals surface area contributed by atoms with Crippen LogP contribution in [-0.4, -0.2) is 25.4 Å². The summed E-state index contributed by atoms with van der Waals surface area (Å²) in [6, 6.07) is 0.697. The van der Waals surface area contributed by atoms with Gasteiger partial charge in [-0.05, 0) is 26.7 Å².